The summed E-state index contributed by atoms with van der Waals surface area (Å²) in [5.41, 5.74) is 0.704. The van der Waals surface area contributed by atoms with Gasteiger partial charge in [-0.05, 0) is 18.2 Å². The second kappa shape index (κ2) is 3.13. The number of benzene rings is 1. The molecule has 2 aromatic heterocycles. The second-order valence-electron chi connectivity index (χ2n) is 3.45. The van der Waals surface area contributed by atoms with Crippen LogP contribution in [0, 0.1) is 0 Å². The average molecular weight is 216 g/mol. The highest BCUT2D eigenvalue weighted by Gasteiger charge is 2.07. The van der Waals surface area contributed by atoms with Crippen molar-refractivity contribution >= 4 is 21.9 Å². The summed E-state index contributed by atoms with van der Waals surface area (Å²) < 4.78 is 15.3. The Balaban J connectivity index is 2.45. The highest BCUT2D eigenvalue weighted by molar-refractivity contribution is 5.93. The van der Waals surface area contributed by atoms with Crippen LogP contribution in [0.5, 0.6) is 5.75 Å². The zero-order valence-corrected chi connectivity index (χ0v) is 8.52. The molecule has 0 bridgehead atoms. The largest absolute Gasteiger partial charge is 0.490 e. The number of fused-ring (bicyclic) bond motifs is 2. The molecule has 4 nitrogen and oxygen atoms in total. The molecule has 0 fully saturated rings. The van der Waals surface area contributed by atoms with Crippen molar-refractivity contribution in [2.45, 2.75) is 0 Å². The zero-order chi connectivity index (χ0) is 11.1. The minimum atomic E-state index is -0.485. The van der Waals surface area contributed by atoms with Crippen LogP contribution in [0.3, 0.4) is 0 Å². The summed E-state index contributed by atoms with van der Waals surface area (Å²) in [6, 6.07) is 7.10. The molecule has 80 valence electrons. The molecule has 0 spiro atoms. The van der Waals surface area contributed by atoms with Crippen molar-refractivity contribution < 1.29 is 13.6 Å². The molecule has 0 aliphatic rings. The van der Waals surface area contributed by atoms with Gasteiger partial charge in [0.2, 0.25) is 5.75 Å². The van der Waals surface area contributed by atoms with E-state index in [1.807, 2.05) is 12.1 Å². The van der Waals surface area contributed by atoms with E-state index in [2.05, 4.69) is 0 Å². The lowest BCUT2D eigenvalue weighted by atomic mass is 10.2. The van der Waals surface area contributed by atoms with Gasteiger partial charge in [0.05, 0.1) is 13.4 Å². The van der Waals surface area contributed by atoms with Crippen molar-refractivity contribution in [3.8, 4) is 5.75 Å². The molecule has 0 atom stereocenters. The van der Waals surface area contributed by atoms with E-state index >= 15 is 0 Å². The van der Waals surface area contributed by atoms with Gasteiger partial charge in [-0.3, -0.25) is 0 Å². The summed E-state index contributed by atoms with van der Waals surface area (Å²) in [5, 5.41) is 1.77. The molecule has 3 aromatic rings. The van der Waals surface area contributed by atoms with Crippen molar-refractivity contribution in [3.63, 3.8) is 0 Å². The number of furan rings is 1. The van der Waals surface area contributed by atoms with Crippen LogP contribution in [0.4, 0.5) is 0 Å². The molecule has 2 heterocycles. The predicted octanol–water partition coefficient (Wildman–Crippen LogP) is 2.55. The monoisotopic (exact) mass is 216 g/mol. The van der Waals surface area contributed by atoms with Gasteiger partial charge >= 0.3 is 5.63 Å². The minimum Gasteiger partial charge on any atom is -0.490 e. The lowest BCUT2D eigenvalue weighted by Gasteiger charge is -2.00. The van der Waals surface area contributed by atoms with E-state index in [4.69, 9.17) is 13.6 Å². The molecule has 0 saturated carbocycles. The smallest absolute Gasteiger partial charge is 0.379 e. The normalized spacial score (nSPS) is 11.1. The Bertz CT molecular complexity index is 721. The summed E-state index contributed by atoms with van der Waals surface area (Å²) in [6.07, 6.45) is 1.60. The third-order valence-corrected chi connectivity index (χ3v) is 2.50. The number of ether oxygens (including phenoxy) is 1. The molecule has 1 aromatic carbocycles. The first-order chi connectivity index (χ1) is 7.78. The van der Waals surface area contributed by atoms with Gasteiger partial charge in [-0.15, -0.1) is 0 Å². The summed E-state index contributed by atoms with van der Waals surface area (Å²) in [7, 11) is 1.44. The van der Waals surface area contributed by atoms with E-state index in [0.29, 0.717) is 11.2 Å². The standard InChI is InChI=1S/C12H8O4/c1-14-11-5-8-4-7-2-3-15-9(7)6-10(8)16-12(11)13/h2-6H,1H3. The molecule has 0 N–H and O–H groups in total. The number of rotatable bonds is 1. The zero-order valence-electron chi connectivity index (χ0n) is 8.52. The van der Waals surface area contributed by atoms with E-state index < -0.39 is 5.63 Å². The summed E-state index contributed by atoms with van der Waals surface area (Å²) in [4.78, 5) is 11.4. The number of hydrogen-bond acceptors (Lipinski definition) is 4. The van der Waals surface area contributed by atoms with Gasteiger partial charge in [0.25, 0.3) is 0 Å². The fourth-order valence-corrected chi connectivity index (χ4v) is 1.70. The highest BCUT2D eigenvalue weighted by Crippen LogP contribution is 2.24. The fourth-order valence-electron chi connectivity index (χ4n) is 1.70. The van der Waals surface area contributed by atoms with E-state index in [1.165, 1.54) is 7.11 Å². The van der Waals surface area contributed by atoms with Crippen LogP contribution in [0.25, 0.3) is 21.9 Å². The van der Waals surface area contributed by atoms with E-state index in [1.54, 1.807) is 18.4 Å². The van der Waals surface area contributed by atoms with Crippen molar-refractivity contribution in [2.24, 2.45) is 0 Å². The molecule has 0 aliphatic carbocycles. The Kier molecular flexibility index (Phi) is 1.77. The van der Waals surface area contributed by atoms with Gasteiger partial charge in [-0.25, -0.2) is 4.79 Å². The van der Waals surface area contributed by atoms with Crippen LogP contribution in [0.15, 0.2) is 44.2 Å². The Hall–Kier alpha value is -2.23. The van der Waals surface area contributed by atoms with Crippen LogP contribution in [0.1, 0.15) is 0 Å². The van der Waals surface area contributed by atoms with Gasteiger partial charge in [-0.2, -0.15) is 0 Å². The molecule has 16 heavy (non-hydrogen) atoms. The maximum Gasteiger partial charge on any atom is 0.379 e. The van der Waals surface area contributed by atoms with E-state index in [0.717, 1.165) is 10.8 Å². The average Bonchev–Trinajstić information content (AvgIpc) is 2.72. The minimum absolute atomic E-state index is 0.204. The maximum atomic E-state index is 11.4. The van der Waals surface area contributed by atoms with Crippen LogP contribution < -0.4 is 10.4 Å². The maximum absolute atomic E-state index is 11.4. The molecule has 0 unspecified atom stereocenters. The summed E-state index contributed by atoms with van der Waals surface area (Å²) in [5.74, 6) is 0.204. The van der Waals surface area contributed by atoms with Crippen LogP contribution in [-0.2, 0) is 0 Å². The summed E-state index contributed by atoms with van der Waals surface area (Å²) in [6.45, 7) is 0. The SMILES string of the molecule is COc1cc2cc3ccoc3cc2oc1=O. The molecule has 0 amide bonds. The predicted molar refractivity (Wildman–Crippen MR) is 58.8 cm³/mol. The Morgan fingerprint density at radius 2 is 2.00 bits per heavy atom. The highest BCUT2D eigenvalue weighted by atomic mass is 16.5. The first kappa shape index (κ1) is 9.03. The van der Waals surface area contributed by atoms with E-state index in [9.17, 15) is 4.79 Å². The fraction of sp³-hybridized carbons (Fsp3) is 0.0833. The molecular formula is C12H8O4. The van der Waals surface area contributed by atoms with Gasteiger partial charge in [-0.1, -0.05) is 0 Å². The lowest BCUT2D eigenvalue weighted by molar-refractivity contribution is 0.385. The van der Waals surface area contributed by atoms with Crippen LogP contribution in [0.2, 0.25) is 0 Å². The lowest BCUT2D eigenvalue weighted by Crippen LogP contribution is -2.02. The molecule has 3 rings (SSSR count). The molecular weight excluding hydrogens is 208 g/mol. The first-order valence-corrected chi connectivity index (χ1v) is 4.77. The van der Waals surface area contributed by atoms with Crippen LogP contribution in [-0.4, -0.2) is 7.11 Å². The first-order valence-electron chi connectivity index (χ1n) is 4.77. The van der Waals surface area contributed by atoms with E-state index in [-0.39, 0.29) is 5.75 Å². The quantitative estimate of drug-likeness (QED) is 0.586. The van der Waals surface area contributed by atoms with Crippen LogP contribution >= 0.6 is 0 Å². The van der Waals surface area contributed by atoms with Crippen molar-refractivity contribution in [1.29, 1.82) is 0 Å². The molecule has 0 saturated heterocycles. The number of hydrogen-bond donors (Lipinski definition) is 0. The Morgan fingerprint density at radius 1 is 1.12 bits per heavy atom. The molecule has 4 heteroatoms. The van der Waals surface area contributed by atoms with Gasteiger partial charge in [0.15, 0.2) is 0 Å². The summed E-state index contributed by atoms with van der Waals surface area (Å²) >= 11 is 0. The van der Waals surface area contributed by atoms with Crippen molar-refractivity contribution in [3.05, 3.63) is 40.9 Å². The number of methoxy groups -OCH3 is 1. The van der Waals surface area contributed by atoms with Crippen molar-refractivity contribution in [2.75, 3.05) is 7.11 Å². The molecule has 0 radical (unpaired) electrons. The topological polar surface area (TPSA) is 52.6 Å². The Morgan fingerprint density at radius 3 is 2.81 bits per heavy atom. The molecule has 0 aliphatic heterocycles. The third kappa shape index (κ3) is 1.20. The third-order valence-electron chi connectivity index (χ3n) is 2.50. The van der Waals surface area contributed by atoms with Gasteiger partial charge in [0.1, 0.15) is 11.2 Å². The Labute approximate surface area is 90.0 Å². The van der Waals surface area contributed by atoms with Gasteiger partial charge in [0, 0.05) is 16.8 Å². The second-order valence-corrected chi connectivity index (χ2v) is 3.45. The van der Waals surface area contributed by atoms with Gasteiger partial charge < -0.3 is 13.6 Å². The van der Waals surface area contributed by atoms with Crippen molar-refractivity contribution in [1.82, 2.24) is 0 Å².